The summed E-state index contributed by atoms with van der Waals surface area (Å²) in [6.45, 7) is 2.03. The lowest BCUT2D eigenvalue weighted by Gasteiger charge is -2.13. The second-order valence-corrected chi connectivity index (χ2v) is 5.05. The van der Waals surface area contributed by atoms with Gasteiger partial charge >= 0.3 is 0 Å². The maximum atomic E-state index is 5.40. The molecule has 3 rings (SSSR count). The van der Waals surface area contributed by atoms with Crippen LogP contribution in [0.5, 0.6) is 17.2 Å². The van der Waals surface area contributed by atoms with Crippen LogP contribution in [0.3, 0.4) is 0 Å². The van der Waals surface area contributed by atoms with Crippen molar-refractivity contribution in [3.63, 3.8) is 0 Å². The maximum absolute atomic E-state index is 5.40. The van der Waals surface area contributed by atoms with Gasteiger partial charge in [-0.25, -0.2) is 4.98 Å². The van der Waals surface area contributed by atoms with Gasteiger partial charge in [-0.05, 0) is 36.8 Å². The van der Waals surface area contributed by atoms with Crippen molar-refractivity contribution in [2.75, 3.05) is 21.3 Å². The molecule has 0 aliphatic rings. The molecule has 1 N–H and O–H groups in total. The second-order valence-electron chi connectivity index (χ2n) is 5.05. The minimum absolute atomic E-state index is 0.582. The molecular formula is C17H18N2O3. The van der Waals surface area contributed by atoms with Gasteiger partial charge in [-0.15, -0.1) is 0 Å². The molecular weight excluding hydrogens is 280 g/mol. The Bertz CT molecular complexity index is 799. The van der Waals surface area contributed by atoms with Gasteiger partial charge in [0.05, 0.1) is 21.3 Å². The molecule has 0 fully saturated rings. The number of aromatic nitrogens is 2. The summed E-state index contributed by atoms with van der Waals surface area (Å²) in [5.74, 6) is 1.83. The first-order valence-electron chi connectivity index (χ1n) is 6.92. The average molecular weight is 298 g/mol. The fourth-order valence-corrected chi connectivity index (χ4v) is 2.52. The quantitative estimate of drug-likeness (QED) is 0.800. The zero-order chi connectivity index (χ0) is 15.7. The predicted molar refractivity (Wildman–Crippen MR) is 85.9 cm³/mol. The molecule has 0 unspecified atom stereocenters. The van der Waals surface area contributed by atoms with Crippen molar-refractivity contribution in [3.05, 3.63) is 36.0 Å². The van der Waals surface area contributed by atoms with Gasteiger partial charge in [0.15, 0.2) is 11.5 Å². The Balaban J connectivity index is 2.17. The third-order valence-electron chi connectivity index (χ3n) is 3.58. The average Bonchev–Trinajstić information content (AvgIpc) is 2.96. The third-order valence-corrected chi connectivity index (χ3v) is 3.58. The van der Waals surface area contributed by atoms with Crippen LogP contribution < -0.4 is 14.2 Å². The van der Waals surface area contributed by atoms with Crippen LogP contribution in [0, 0.1) is 6.92 Å². The van der Waals surface area contributed by atoms with E-state index >= 15 is 0 Å². The van der Waals surface area contributed by atoms with Crippen LogP contribution in [0.1, 0.15) is 5.56 Å². The first kappa shape index (κ1) is 14.3. The van der Waals surface area contributed by atoms with E-state index in [1.165, 1.54) is 0 Å². The van der Waals surface area contributed by atoms with Crippen molar-refractivity contribution in [1.82, 2.24) is 9.97 Å². The summed E-state index contributed by atoms with van der Waals surface area (Å²) in [7, 11) is 4.81. The lowest BCUT2D eigenvalue weighted by molar-refractivity contribution is 0.324. The van der Waals surface area contributed by atoms with Gasteiger partial charge in [0.1, 0.15) is 5.65 Å². The summed E-state index contributed by atoms with van der Waals surface area (Å²) in [5, 5.41) is 1.07. The number of hydrogen-bond donors (Lipinski definition) is 1. The van der Waals surface area contributed by atoms with E-state index in [1.54, 1.807) is 21.3 Å². The summed E-state index contributed by atoms with van der Waals surface area (Å²) < 4.78 is 16.2. The fraction of sp³-hybridized carbons (Fsp3) is 0.235. The van der Waals surface area contributed by atoms with Crippen LogP contribution in [-0.2, 0) is 0 Å². The molecule has 5 heteroatoms. The highest BCUT2D eigenvalue weighted by molar-refractivity contribution is 5.84. The molecule has 22 heavy (non-hydrogen) atoms. The molecule has 0 atom stereocenters. The summed E-state index contributed by atoms with van der Waals surface area (Å²) in [6.07, 6.45) is 1.85. The molecule has 0 bridgehead atoms. The van der Waals surface area contributed by atoms with E-state index in [0.717, 1.165) is 27.9 Å². The minimum atomic E-state index is 0.582. The normalized spacial score (nSPS) is 10.7. The number of pyridine rings is 1. The highest BCUT2D eigenvalue weighted by Gasteiger charge is 2.15. The van der Waals surface area contributed by atoms with E-state index in [0.29, 0.717) is 17.2 Å². The summed E-state index contributed by atoms with van der Waals surface area (Å²) in [5.41, 5.74) is 3.88. The van der Waals surface area contributed by atoms with Crippen molar-refractivity contribution < 1.29 is 14.2 Å². The number of hydrogen-bond acceptors (Lipinski definition) is 4. The highest BCUT2D eigenvalue weighted by Crippen LogP contribution is 2.41. The molecule has 0 amide bonds. The molecule has 2 aromatic heterocycles. The molecule has 5 nitrogen and oxygen atoms in total. The van der Waals surface area contributed by atoms with Crippen LogP contribution >= 0.6 is 0 Å². The lowest BCUT2D eigenvalue weighted by Crippen LogP contribution is -1.95. The van der Waals surface area contributed by atoms with Crippen LogP contribution in [0.4, 0.5) is 0 Å². The molecule has 114 valence electrons. The van der Waals surface area contributed by atoms with E-state index < -0.39 is 0 Å². The van der Waals surface area contributed by atoms with Gasteiger partial charge in [-0.3, -0.25) is 0 Å². The number of fused-ring (bicyclic) bond motifs is 1. The predicted octanol–water partition coefficient (Wildman–Crippen LogP) is 3.56. The van der Waals surface area contributed by atoms with Crippen molar-refractivity contribution in [1.29, 1.82) is 0 Å². The Morgan fingerprint density at radius 3 is 2.18 bits per heavy atom. The van der Waals surface area contributed by atoms with Crippen molar-refractivity contribution in [3.8, 4) is 28.5 Å². The summed E-state index contributed by atoms with van der Waals surface area (Å²) >= 11 is 0. The van der Waals surface area contributed by atoms with Crippen molar-refractivity contribution in [2.24, 2.45) is 0 Å². The first-order valence-corrected chi connectivity index (χ1v) is 6.92. The standard InChI is InChI=1S/C17H18N2O3/c1-10-5-12-6-13(19-17(12)18-9-10)11-7-14(20-2)16(22-4)15(8-11)21-3/h5-9H,1-4H3,(H,18,19). The van der Waals surface area contributed by atoms with Crippen LogP contribution in [0.2, 0.25) is 0 Å². The SMILES string of the molecule is COc1cc(-c2cc3cc(C)cnc3[nH]2)cc(OC)c1OC. The van der Waals surface area contributed by atoms with Gasteiger partial charge in [0.25, 0.3) is 0 Å². The third kappa shape index (κ3) is 2.35. The number of H-pyrrole nitrogens is 1. The lowest BCUT2D eigenvalue weighted by atomic mass is 10.1. The molecule has 0 spiro atoms. The van der Waals surface area contributed by atoms with Crippen LogP contribution in [0.15, 0.2) is 30.5 Å². The van der Waals surface area contributed by atoms with Crippen molar-refractivity contribution in [2.45, 2.75) is 6.92 Å². The second kappa shape index (κ2) is 5.60. The molecule has 0 saturated heterocycles. The number of ether oxygens (including phenoxy) is 3. The van der Waals surface area contributed by atoms with E-state index in [2.05, 4.69) is 22.1 Å². The topological polar surface area (TPSA) is 56.4 Å². The van der Waals surface area contributed by atoms with Gasteiger partial charge in [0.2, 0.25) is 5.75 Å². The highest BCUT2D eigenvalue weighted by atomic mass is 16.5. The number of rotatable bonds is 4. The number of nitrogens with zero attached hydrogens (tertiary/aromatic N) is 1. The summed E-state index contributed by atoms with van der Waals surface area (Å²) in [4.78, 5) is 7.72. The zero-order valence-electron chi connectivity index (χ0n) is 13.1. The molecule has 0 aliphatic carbocycles. The Labute approximate surface area is 128 Å². The monoisotopic (exact) mass is 298 g/mol. The van der Waals surface area contributed by atoms with Crippen LogP contribution in [0.25, 0.3) is 22.3 Å². The van der Waals surface area contributed by atoms with E-state index in [1.807, 2.05) is 25.3 Å². The number of methoxy groups -OCH3 is 3. The van der Waals surface area contributed by atoms with E-state index in [4.69, 9.17) is 14.2 Å². The molecule has 0 aliphatic heterocycles. The number of aromatic amines is 1. The smallest absolute Gasteiger partial charge is 0.203 e. The largest absolute Gasteiger partial charge is 0.493 e. The maximum Gasteiger partial charge on any atom is 0.203 e. The van der Waals surface area contributed by atoms with E-state index in [-0.39, 0.29) is 0 Å². The fourth-order valence-electron chi connectivity index (χ4n) is 2.52. The Morgan fingerprint density at radius 1 is 0.909 bits per heavy atom. The van der Waals surface area contributed by atoms with Crippen LogP contribution in [-0.4, -0.2) is 31.3 Å². The zero-order valence-corrected chi connectivity index (χ0v) is 13.1. The number of benzene rings is 1. The Kier molecular flexibility index (Phi) is 3.63. The number of aryl methyl sites for hydroxylation is 1. The Hall–Kier alpha value is -2.69. The van der Waals surface area contributed by atoms with Gasteiger partial charge in [0, 0.05) is 22.8 Å². The van der Waals surface area contributed by atoms with Crippen molar-refractivity contribution >= 4 is 11.0 Å². The molecule has 0 radical (unpaired) electrons. The van der Waals surface area contributed by atoms with E-state index in [9.17, 15) is 0 Å². The van der Waals surface area contributed by atoms with Gasteiger partial charge in [-0.2, -0.15) is 0 Å². The molecule has 3 aromatic rings. The van der Waals surface area contributed by atoms with Gasteiger partial charge in [-0.1, -0.05) is 0 Å². The molecule has 2 heterocycles. The van der Waals surface area contributed by atoms with Gasteiger partial charge < -0.3 is 19.2 Å². The number of nitrogens with one attached hydrogen (secondary N) is 1. The Morgan fingerprint density at radius 2 is 1.59 bits per heavy atom. The minimum Gasteiger partial charge on any atom is -0.493 e. The first-order chi connectivity index (χ1) is 10.7. The molecule has 0 saturated carbocycles. The molecule has 1 aromatic carbocycles. The summed E-state index contributed by atoms with van der Waals surface area (Å²) in [6, 6.07) is 7.99.